The first-order valence-electron chi connectivity index (χ1n) is 16.4. The fourth-order valence-electron chi connectivity index (χ4n) is 5.29. The van der Waals surface area contributed by atoms with Crippen LogP contribution in [-0.4, -0.2) is 65.3 Å². The summed E-state index contributed by atoms with van der Waals surface area (Å²) in [5, 5.41) is 4.51. The van der Waals surface area contributed by atoms with Gasteiger partial charge in [0, 0.05) is 11.3 Å². The molecule has 0 aliphatic carbocycles. The molecule has 1 heterocycles. The van der Waals surface area contributed by atoms with Crippen molar-refractivity contribution in [1.29, 1.82) is 0 Å². The van der Waals surface area contributed by atoms with Crippen LogP contribution in [0, 0.1) is 17.0 Å². The Kier molecular flexibility index (Phi) is 12.6. The van der Waals surface area contributed by atoms with Crippen LogP contribution in [0.1, 0.15) is 69.9 Å². The standard InChI is InChI=1S/C38H43F2N3O7S/c1-37(2,3)19-29(36(48)50-38(4,5)6)42-31(45)20-41-32(46)21-49-28-17-9-24(10-18-28)33-34(35(47)43(33)27-15-13-26(40)14-16-27)51-22-30(44)23-7-11-25(39)12-8-23/h7-18,29,33-34H,19-22H2,1-6H3,(H,41,46)(H,42,45)/t29?,33-,34-/m1/s1. The van der Waals surface area contributed by atoms with E-state index in [1.54, 1.807) is 45.0 Å². The summed E-state index contributed by atoms with van der Waals surface area (Å²) < 4.78 is 38.1. The zero-order valence-corrected chi connectivity index (χ0v) is 30.3. The van der Waals surface area contributed by atoms with Gasteiger partial charge in [0.05, 0.1) is 18.3 Å². The van der Waals surface area contributed by atoms with Crippen LogP contribution >= 0.6 is 11.8 Å². The second kappa shape index (κ2) is 16.5. The molecule has 13 heteroatoms. The average molecular weight is 724 g/mol. The van der Waals surface area contributed by atoms with E-state index in [9.17, 15) is 32.8 Å². The van der Waals surface area contributed by atoms with E-state index in [1.807, 2.05) is 20.8 Å². The largest absolute Gasteiger partial charge is 0.484 e. The van der Waals surface area contributed by atoms with Crippen molar-refractivity contribution >= 4 is 46.9 Å². The van der Waals surface area contributed by atoms with Crippen LogP contribution in [0.5, 0.6) is 5.75 Å². The SMILES string of the molecule is CC(C)(C)CC(NC(=O)CNC(=O)COc1ccc([C@@H]2[C@@H](SCC(=O)c3ccc(F)cc3)C(=O)N2c2ccc(F)cc2)cc1)C(=O)OC(C)(C)C. The van der Waals surface area contributed by atoms with E-state index in [0.717, 1.165) is 0 Å². The van der Waals surface area contributed by atoms with E-state index >= 15 is 0 Å². The summed E-state index contributed by atoms with van der Waals surface area (Å²) >= 11 is 1.17. The fourth-order valence-corrected chi connectivity index (χ4v) is 6.50. The molecule has 0 aromatic heterocycles. The van der Waals surface area contributed by atoms with Gasteiger partial charge in [0.25, 0.3) is 5.91 Å². The van der Waals surface area contributed by atoms with Crippen LogP contribution in [0.2, 0.25) is 0 Å². The van der Waals surface area contributed by atoms with Crippen LogP contribution in [0.4, 0.5) is 14.5 Å². The third kappa shape index (κ3) is 11.4. The number of carbonyl (C=O) groups excluding carboxylic acids is 5. The highest BCUT2D eigenvalue weighted by molar-refractivity contribution is 8.01. The van der Waals surface area contributed by atoms with Crippen molar-refractivity contribution in [2.24, 2.45) is 5.41 Å². The molecule has 1 unspecified atom stereocenters. The molecule has 1 fully saturated rings. The van der Waals surface area contributed by atoms with E-state index < -0.39 is 59.0 Å². The molecular weight excluding hydrogens is 680 g/mol. The first kappa shape index (κ1) is 39.0. The van der Waals surface area contributed by atoms with Gasteiger partial charge in [0.15, 0.2) is 12.4 Å². The first-order valence-corrected chi connectivity index (χ1v) is 17.5. The number of halogens is 2. The number of Topliss-reactive ketones (excluding diaryl/α,β-unsaturated/α-hetero) is 1. The Balaban J connectivity index is 1.35. The molecule has 1 aliphatic heterocycles. The number of ketones is 1. The number of benzene rings is 3. The van der Waals surface area contributed by atoms with Crippen molar-refractivity contribution in [2.45, 2.75) is 70.9 Å². The average Bonchev–Trinajstić information content (AvgIpc) is 3.05. The molecule has 1 saturated heterocycles. The molecule has 3 aromatic rings. The number of esters is 1. The molecular formula is C38H43F2N3O7S. The maximum absolute atomic E-state index is 13.7. The van der Waals surface area contributed by atoms with E-state index in [0.29, 0.717) is 29.0 Å². The molecule has 4 rings (SSSR count). The number of thioether (sulfide) groups is 1. The Morgan fingerprint density at radius 3 is 2.00 bits per heavy atom. The van der Waals surface area contributed by atoms with Crippen LogP contribution in [0.25, 0.3) is 0 Å². The summed E-state index contributed by atoms with van der Waals surface area (Å²) in [7, 11) is 0. The summed E-state index contributed by atoms with van der Waals surface area (Å²) in [5.74, 6) is -2.74. The number of β-lactam (4-membered cyclic amide) rings is 1. The van der Waals surface area contributed by atoms with E-state index in [2.05, 4.69) is 10.6 Å². The number of hydrogen-bond acceptors (Lipinski definition) is 8. The Bertz CT molecular complexity index is 1720. The second-order valence-electron chi connectivity index (χ2n) is 14.3. The Labute approximate surface area is 300 Å². The molecule has 10 nitrogen and oxygen atoms in total. The quantitative estimate of drug-likeness (QED) is 0.121. The molecule has 51 heavy (non-hydrogen) atoms. The highest BCUT2D eigenvalue weighted by Crippen LogP contribution is 2.45. The highest BCUT2D eigenvalue weighted by atomic mass is 32.2. The van der Waals surface area contributed by atoms with Gasteiger partial charge in [-0.05, 0) is 98.8 Å². The molecule has 0 saturated carbocycles. The normalized spacial score (nSPS) is 16.5. The third-order valence-electron chi connectivity index (χ3n) is 7.59. The molecule has 3 aromatic carbocycles. The molecule has 1 aliphatic rings. The number of nitrogens with zero attached hydrogens (tertiary/aromatic N) is 1. The van der Waals surface area contributed by atoms with Crippen molar-refractivity contribution < 1.29 is 42.2 Å². The summed E-state index contributed by atoms with van der Waals surface area (Å²) in [6, 6.07) is 16.1. The lowest BCUT2D eigenvalue weighted by Gasteiger charge is -2.47. The van der Waals surface area contributed by atoms with Crippen LogP contribution in [0.15, 0.2) is 72.8 Å². The zero-order valence-electron chi connectivity index (χ0n) is 29.5. The van der Waals surface area contributed by atoms with Gasteiger partial charge in [-0.15, -0.1) is 11.8 Å². The summed E-state index contributed by atoms with van der Waals surface area (Å²) in [6.07, 6.45) is 0.338. The number of rotatable bonds is 14. The number of hydrogen-bond donors (Lipinski definition) is 2. The lowest BCUT2D eigenvalue weighted by molar-refractivity contribution is -0.159. The van der Waals surface area contributed by atoms with Gasteiger partial charge < -0.3 is 25.0 Å². The minimum atomic E-state index is -0.887. The predicted molar refractivity (Wildman–Crippen MR) is 190 cm³/mol. The number of anilines is 1. The van der Waals surface area contributed by atoms with E-state index in [4.69, 9.17) is 9.47 Å². The van der Waals surface area contributed by atoms with Crippen molar-refractivity contribution in [1.82, 2.24) is 10.6 Å². The molecule has 2 N–H and O–H groups in total. The molecule has 0 radical (unpaired) electrons. The lowest BCUT2D eigenvalue weighted by atomic mass is 9.88. The van der Waals surface area contributed by atoms with Gasteiger partial charge >= 0.3 is 5.97 Å². The van der Waals surface area contributed by atoms with Gasteiger partial charge in [-0.1, -0.05) is 32.9 Å². The summed E-state index contributed by atoms with van der Waals surface area (Å²) in [4.78, 5) is 65.5. The number of ether oxygens (including phenoxy) is 2. The molecule has 272 valence electrons. The predicted octanol–water partition coefficient (Wildman–Crippen LogP) is 5.80. The Hall–Kier alpha value is -4.78. The van der Waals surface area contributed by atoms with Crippen LogP contribution in [0.3, 0.4) is 0 Å². The molecule has 0 bridgehead atoms. The Morgan fingerprint density at radius 2 is 1.43 bits per heavy atom. The minimum absolute atomic E-state index is 0.0115. The van der Waals surface area contributed by atoms with E-state index in [1.165, 1.54) is 65.2 Å². The van der Waals surface area contributed by atoms with Crippen molar-refractivity contribution in [3.05, 3.63) is 95.6 Å². The van der Waals surface area contributed by atoms with Crippen LogP contribution < -0.4 is 20.3 Å². The van der Waals surface area contributed by atoms with Crippen LogP contribution in [-0.2, 0) is 23.9 Å². The maximum Gasteiger partial charge on any atom is 0.329 e. The highest BCUT2D eigenvalue weighted by Gasteiger charge is 2.49. The third-order valence-corrected chi connectivity index (χ3v) is 8.84. The number of nitrogens with one attached hydrogen (secondary N) is 2. The second-order valence-corrected chi connectivity index (χ2v) is 15.5. The lowest BCUT2D eigenvalue weighted by Crippen LogP contribution is -2.57. The van der Waals surface area contributed by atoms with Crippen molar-refractivity contribution in [3.63, 3.8) is 0 Å². The summed E-state index contributed by atoms with van der Waals surface area (Å²) in [5.41, 5.74) is 0.531. The molecule has 3 atom stereocenters. The minimum Gasteiger partial charge on any atom is -0.484 e. The smallest absolute Gasteiger partial charge is 0.329 e. The first-order chi connectivity index (χ1) is 23.9. The Morgan fingerprint density at radius 1 is 0.843 bits per heavy atom. The van der Waals surface area contributed by atoms with Crippen molar-refractivity contribution in [2.75, 3.05) is 23.8 Å². The monoisotopic (exact) mass is 723 g/mol. The molecule has 3 amide bonds. The van der Waals surface area contributed by atoms with Gasteiger partial charge in [0.1, 0.15) is 34.3 Å². The van der Waals surface area contributed by atoms with E-state index in [-0.39, 0.29) is 29.4 Å². The fraction of sp³-hybridized carbons (Fsp3) is 0.395. The van der Waals surface area contributed by atoms with Crippen molar-refractivity contribution in [3.8, 4) is 5.75 Å². The van der Waals surface area contributed by atoms with Gasteiger partial charge in [-0.25, -0.2) is 13.6 Å². The maximum atomic E-state index is 13.7. The van der Waals surface area contributed by atoms with Gasteiger partial charge in [-0.3, -0.25) is 19.2 Å². The number of amides is 3. The number of carbonyl (C=O) groups is 5. The van der Waals surface area contributed by atoms with Gasteiger partial charge in [0.2, 0.25) is 11.8 Å². The molecule has 0 spiro atoms. The van der Waals surface area contributed by atoms with Gasteiger partial charge in [-0.2, -0.15) is 0 Å². The summed E-state index contributed by atoms with van der Waals surface area (Å²) in [6.45, 7) is 10.3. The zero-order chi connectivity index (χ0) is 37.5. The topological polar surface area (TPSA) is 131 Å².